The molecule has 0 aromatic carbocycles. The van der Waals surface area contributed by atoms with E-state index in [1.165, 1.54) is 0 Å². The van der Waals surface area contributed by atoms with E-state index in [0.717, 1.165) is 38.1 Å². The molecule has 0 N–H and O–H groups in total. The molecule has 1 fully saturated rings. The molecule has 17 heavy (non-hydrogen) atoms. The lowest BCUT2D eigenvalue weighted by molar-refractivity contribution is -0.139. The zero-order valence-electron chi connectivity index (χ0n) is 10.6. The first-order chi connectivity index (χ1) is 8.22. The lowest BCUT2D eigenvalue weighted by atomic mass is 9.94. The van der Waals surface area contributed by atoms with Gasteiger partial charge < -0.3 is 9.30 Å². The van der Waals surface area contributed by atoms with Crippen LogP contribution in [0.2, 0.25) is 0 Å². The van der Waals surface area contributed by atoms with Crippen LogP contribution in [0, 0.1) is 0 Å². The Morgan fingerprint density at radius 1 is 1.53 bits per heavy atom. The third-order valence-electron chi connectivity index (χ3n) is 3.77. The van der Waals surface area contributed by atoms with Crippen molar-refractivity contribution in [1.29, 1.82) is 0 Å². The maximum absolute atomic E-state index is 12.4. The van der Waals surface area contributed by atoms with E-state index in [2.05, 4.69) is 11.9 Å². The summed E-state index contributed by atoms with van der Waals surface area (Å²) in [5.41, 5.74) is -0.537. The van der Waals surface area contributed by atoms with Crippen molar-refractivity contribution < 1.29 is 9.53 Å². The molecule has 1 aromatic heterocycles. The molecule has 1 heterocycles. The van der Waals surface area contributed by atoms with Crippen molar-refractivity contribution in [2.24, 2.45) is 0 Å². The molecule has 0 radical (unpaired) electrons. The van der Waals surface area contributed by atoms with Crippen LogP contribution in [-0.4, -0.2) is 28.0 Å². The summed E-state index contributed by atoms with van der Waals surface area (Å²) in [6.07, 6.45) is 7.93. The van der Waals surface area contributed by atoms with Crippen LogP contribution in [0.1, 0.15) is 38.4 Å². The van der Waals surface area contributed by atoms with Crippen LogP contribution in [0.4, 0.5) is 0 Å². The molecule has 0 aliphatic heterocycles. The van der Waals surface area contributed by atoms with Gasteiger partial charge in [0.1, 0.15) is 11.4 Å². The van der Waals surface area contributed by atoms with E-state index in [4.69, 9.17) is 4.74 Å². The van der Waals surface area contributed by atoms with Gasteiger partial charge in [0.05, 0.1) is 6.42 Å². The molecule has 1 aromatic rings. The number of hydrogen-bond acceptors (Lipinski definition) is 3. The van der Waals surface area contributed by atoms with E-state index in [1.54, 1.807) is 13.3 Å². The molecule has 4 heteroatoms. The predicted molar refractivity (Wildman–Crippen MR) is 64.8 cm³/mol. The SMILES string of the molecule is CCn1ccnc1CC(=O)C1(OC)CCCC1. The lowest BCUT2D eigenvalue weighted by Crippen LogP contribution is -2.39. The normalized spacial score (nSPS) is 18.5. The van der Waals surface area contributed by atoms with Crippen LogP contribution in [0.5, 0.6) is 0 Å². The summed E-state index contributed by atoms with van der Waals surface area (Å²) in [5.74, 6) is 1.03. The molecule has 0 atom stereocenters. The maximum atomic E-state index is 12.4. The first kappa shape index (κ1) is 12.3. The molecule has 0 saturated heterocycles. The quantitative estimate of drug-likeness (QED) is 0.785. The molecule has 2 rings (SSSR count). The van der Waals surface area contributed by atoms with Gasteiger partial charge in [0.25, 0.3) is 0 Å². The van der Waals surface area contributed by atoms with Gasteiger partial charge in [-0.3, -0.25) is 4.79 Å². The van der Waals surface area contributed by atoms with Gasteiger partial charge in [0.2, 0.25) is 0 Å². The van der Waals surface area contributed by atoms with Crippen molar-refractivity contribution in [2.75, 3.05) is 7.11 Å². The van der Waals surface area contributed by atoms with Crippen molar-refractivity contribution in [3.05, 3.63) is 18.2 Å². The fourth-order valence-corrected chi connectivity index (χ4v) is 2.64. The minimum Gasteiger partial charge on any atom is -0.370 e. The molecule has 0 amide bonds. The Morgan fingerprint density at radius 3 is 2.82 bits per heavy atom. The van der Waals surface area contributed by atoms with Gasteiger partial charge in [-0.05, 0) is 32.6 Å². The topological polar surface area (TPSA) is 44.1 Å². The summed E-state index contributed by atoms with van der Waals surface area (Å²) < 4.78 is 7.51. The van der Waals surface area contributed by atoms with Crippen LogP contribution < -0.4 is 0 Å². The van der Waals surface area contributed by atoms with E-state index >= 15 is 0 Å². The molecule has 0 unspecified atom stereocenters. The number of aromatic nitrogens is 2. The molecule has 1 aliphatic rings. The fourth-order valence-electron chi connectivity index (χ4n) is 2.64. The number of carbonyl (C=O) groups excluding carboxylic acids is 1. The second-order valence-corrected chi connectivity index (χ2v) is 4.63. The van der Waals surface area contributed by atoms with Gasteiger partial charge in [-0.15, -0.1) is 0 Å². The van der Waals surface area contributed by atoms with Crippen molar-refractivity contribution in [2.45, 2.75) is 51.2 Å². The zero-order valence-corrected chi connectivity index (χ0v) is 10.6. The number of methoxy groups -OCH3 is 1. The molecule has 4 nitrogen and oxygen atoms in total. The van der Waals surface area contributed by atoms with E-state index in [-0.39, 0.29) is 5.78 Å². The smallest absolute Gasteiger partial charge is 0.172 e. The van der Waals surface area contributed by atoms with Gasteiger partial charge >= 0.3 is 0 Å². The van der Waals surface area contributed by atoms with E-state index < -0.39 is 5.60 Å². The Morgan fingerprint density at radius 2 is 2.24 bits per heavy atom. The fraction of sp³-hybridized carbons (Fsp3) is 0.692. The van der Waals surface area contributed by atoms with Crippen LogP contribution >= 0.6 is 0 Å². The average molecular weight is 236 g/mol. The first-order valence-corrected chi connectivity index (χ1v) is 6.30. The Hall–Kier alpha value is -1.16. The van der Waals surface area contributed by atoms with Crippen molar-refractivity contribution in [3.8, 4) is 0 Å². The van der Waals surface area contributed by atoms with Crippen molar-refractivity contribution in [3.63, 3.8) is 0 Å². The summed E-state index contributed by atoms with van der Waals surface area (Å²) in [6, 6.07) is 0. The molecule has 1 aliphatic carbocycles. The molecule has 0 bridgehead atoms. The first-order valence-electron chi connectivity index (χ1n) is 6.30. The van der Waals surface area contributed by atoms with Crippen molar-refractivity contribution in [1.82, 2.24) is 9.55 Å². The van der Waals surface area contributed by atoms with Crippen LogP contribution in [0.25, 0.3) is 0 Å². The predicted octanol–water partition coefficient (Wildman–Crippen LogP) is 1.97. The Kier molecular flexibility index (Phi) is 3.62. The second-order valence-electron chi connectivity index (χ2n) is 4.63. The van der Waals surface area contributed by atoms with Gasteiger partial charge in [0.15, 0.2) is 5.78 Å². The average Bonchev–Trinajstić information content (AvgIpc) is 2.97. The standard InChI is InChI=1S/C13H20N2O2/c1-3-15-9-8-14-12(15)10-11(16)13(17-2)6-4-5-7-13/h8-9H,3-7,10H2,1-2H3. The van der Waals surface area contributed by atoms with Gasteiger partial charge in [0, 0.05) is 26.0 Å². The minimum atomic E-state index is -0.537. The summed E-state index contributed by atoms with van der Waals surface area (Å²) in [6.45, 7) is 2.90. The number of ether oxygens (including phenoxy) is 1. The van der Waals surface area contributed by atoms with E-state index in [0.29, 0.717) is 6.42 Å². The number of carbonyl (C=O) groups is 1. The summed E-state index contributed by atoms with van der Waals surface area (Å²) in [4.78, 5) is 16.6. The summed E-state index contributed by atoms with van der Waals surface area (Å²) >= 11 is 0. The number of ketones is 1. The molecule has 0 spiro atoms. The van der Waals surface area contributed by atoms with Crippen LogP contribution in [0.3, 0.4) is 0 Å². The summed E-state index contributed by atoms with van der Waals surface area (Å²) in [7, 11) is 1.65. The van der Waals surface area contributed by atoms with Gasteiger partial charge in [-0.1, -0.05) is 0 Å². The highest BCUT2D eigenvalue weighted by Crippen LogP contribution is 2.34. The monoisotopic (exact) mass is 236 g/mol. The highest BCUT2D eigenvalue weighted by atomic mass is 16.5. The lowest BCUT2D eigenvalue weighted by Gasteiger charge is -2.25. The highest BCUT2D eigenvalue weighted by Gasteiger charge is 2.41. The van der Waals surface area contributed by atoms with Crippen LogP contribution in [-0.2, 0) is 22.5 Å². The number of Topliss-reactive ketones (excluding diaryl/α,β-unsaturated/α-hetero) is 1. The van der Waals surface area contributed by atoms with E-state index in [9.17, 15) is 4.79 Å². The Labute approximate surface area is 102 Å². The van der Waals surface area contributed by atoms with E-state index in [1.807, 2.05) is 10.8 Å². The van der Waals surface area contributed by atoms with Crippen molar-refractivity contribution >= 4 is 5.78 Å². The largest absolute Gasteiger partial charge is 0.370 e. The number of aryl methyl sites for hydroxylation is 1. The zero-order chi connectivity index (χ0) is 12.3. The summed E-state index contributed by atoms with van der Waals surface area (Å²) in [5, 5.41) is 0. The molecule has 94 valence electrons. The maximum Gasteiger partial charge on any atom is 0.172 e. The molecule has 1 saturated carbocycles. The highest BCUT2D eigenvalue weighted by molar-refractivity contribution is 5.89. The number of hydrogen-bond donors (Lipinski definition) is 0. The third-order valence-corrected chi connectivity index (χ3v) is 3.77. The molecular weight excluding hydrogens is 216 g/mol. The number of nitrogens with zero attached hydrogens (tertiary/aromatic N) is 2. The number of imidazole rings is 1. The van der Waals surface area contributed by atoms with Crippen LogP contribution in [0.15, 0.2) is 12.4 Å². The third kappa shape index (κ3) is 2.27. The van der Waals surface area contributed by atoms with Gasteiger partial charge in [-0.25, -0.2) is 4.98 Å². The second kappa shape index (κ2) is 5.00. The van der Waals surface area contributed by atoms with Gasteiger partial charge in [-0.2, -0.15) is 0 Å². The Bertz CT molecular complexity index is 392. The molecular formula is C13H20N2O2. The Balaban J connectivity index is 2.10. The number of rotatable bonds is 5. The minimum absolute atomic E-state index is 0.179.